The van der Waals surface area contributed by atoms with Crippen molar-refractivity contribution in [3.05, 3.63) is 30.1 Å². The van der Waals surface area contributed by atoms with Gasteiger partial charge in [-0.3, -0.25) is 4.98 Å². The largest absolute Gasteiger partial charge is 0.393 e. The Balaban J connectivity index is 2.35. The summed E-state index contributed by atoms with van der Waals surface area (Å²) in [6.45, 7) is 5.12. The van der Waals surface area contributed by atoms with Crippen LogP contribution in [0.5, 0.6) is 0 Å². The number of nitrogens with zero attached hydrogens (tertiary/aromatic N) is 1. The van der Waals surface area contributed by atoms with Crippen LogP contribution in [0.25, 0.3) is 0 Å². The molecule has 0 aliphatic carbocycles. The molecule has 1 aromatic heterocycles. The maximum Gasteiger partial charge on any atom is 0.332 e. The Hall–Kier alpha value is -0.423. The second kappa shape index (κ2) is 6.22. The zero-order chi connectivity index (χ0) is 11.1. The molecule has 0 spiro atoms. The first-order chi connectivity index (χ1) is 7.14. The second-order valence-electron chi connectivity index (χ2n) is 3.59. The molecule has 1 aromatic rings. The van der Waals surface area contributed by atoms with E-state index in [-0.39, 0.29) is 0 Å². The third kappa shape index (κ3) is 5.27. The lowest BCUT2D eigenvalue weighted by Crippen LogP contribution is -2.35. The monoisotopic (exact) mass is 245 g/mol. The Bertz CT molecular complexity index is 282. The highest BCUT2D eigenvalue weighted by Gasteiger charge is 2.24. The average Bonchev–Trinajstić information content (AvgIpc) is 2.25. The number of aromatic nitrogens is 1. The van der Waals surface area contributed by atoms with Crippen LogP contribution in [0.15, 0.2) is 24.5 Å². The van der Waals surface area contributed by atoms with Crippen LogP contribution in [0.1, 0.15) is 5.56 Å². The summed E-state index contributed by atoms with van der Waals surface area (Å²) in [4.78, 5) is 4.02. The molecule has 0 N–H and O–H groups in total. The molecule has 1 heterocycles. The van der Waals surface area contributed by atoms with Crippen molar-refractivity contribution in [2.24, 2.45) is 0 Å². The van der Waals surface area contributed by atoms with Gasteiger partial charge in [-0.05, 0) is 24.7 Å². The van der Waals surface area contributed by atoms with Crippen LogP contribution in [-0.2, 0) is 15.5 Å². The summed E-state index contributed by atoms with van der Waals surface area (Å²) >= 11 is 5.56. The zero-order valence-electron chi connectivity index (χ0n) is 9.07. The zero-order valence-corrected chi connectivity index (χ0v) is 10.8. The molecule has 0 saturated carbocycles. The van der Waals surface area contributed by atoms with E-state index in [4.69, 9.17) is 20.5 Å². The Labute approximate surface area is 96.6 Å². The van der Waals surface area contributed by atoms with Gasteiger partial charge in [0.15, 0.2) is 0 Å². The van der Waals surface area contributed by atoms with Crippen LogP contribution in [0.3, 0.4) is 0 Å². The smallest absolute Gasteiger partial charge is 0.332 e. The van der Waals surface area contributed by atoms with Crippen molar-refractivity contribution in [2.45, 2.75) is 19.7 Å². The van der Waals surface area contributed by atoms with Gasteiger partial charge in [0, 0.05) is 24.9 Å². The van der Waals surface area contributed by atoms with Gasteiger partial charge in [-0.15, -0.1) is 11.6 Å². The third-order valence-corrected chi connectivity index (χ3v) is 3.73. The first-order valence-electron chi connectivity index (χ1n) is 4.87. The van der Waals surface area contributed by atoms with E-state index in [9.17, 15) is 0 Å². The fraction of sp³-hybridized carbons (Fsp3) is 0.500. The summed E-state index contributed by atoms with van der Waals surface area (Å²) in [6.07, 6.45) is 3.54. The highest BCUT2D eigenvalue weighted by atomic mass is 35.5. The first-order valence-corrected chi connectivity index (χ1v) is 8.22. The van der Waals surface area contributed by atoms with Crippen LogP contribution in [0.2, 0.25) is 13.1 Å². The van der Waals surface area contributed by atoms with E-state index in [2.05, 4.69) is 4.98 Å². The van der Waals surface area contributed by atoms with Gasteiger partial charge in [0.1, 0.15) is 0 Å². The molecule has 0 amide bonds. The average molecular weight is 246 g/mol. The van der Waals surface area contributed by atoms with Crippen molar-refractivity contribution in [1.29, 1.82) is 0 Å². The Morgan fingerprint density at radius 2 is 2.20 bits per heavy atom. The molecule has 0 saturated heterocycles. The molecule has 0 aliphatic heterocycles. The van der Waals surface area contributed by atoms with Gasteiger partial charge in [0.25, 0.3) is 0 Å². The van der Waals surface area contributed by atoms with E-state index in [1.165, 1.54) is 0 Å². The van der Waals surface area contributed by atoms with Gasteiger partial charge >= 0.3 is 8.56 Å². The highest BCUT2D eigenvalue weighted by molar-refractivity contribution is 6.64. The topological polar surface area (TPSA) is 31.4 Å². The molecule has 15 heavy (non-hydrogen) atoms. The predicted octanol–water partition coefficient (Wildman–Crippen LogP) is 2.56. The van der Waals surface area contributed by atoms with E-state index in [1.54, 1.807) is 12.4 Å². The molecule has 3 nitrogen and oxygen atoms in total. The summed E-state index contributed by atoms with van der Waals surface area (Å²) in [6, 6.07) is 3.88. The number of pyridine rings is 1. The number of alkyl halides is 1. The predicted molar refractivity (Wildman–Crippen MR) is 63.2 cm³/mol. The molecule has 1 rings (SSSR count). The lowest BCUT2D eigenvalue weighted by molar-refractivity contribution is 0.180. The first kappa shape index (κ1) is 12.6. The van der Waals surface area contributed by atoms with Crippen molar-refractivity contribution >= 4 is 20.2 Å². The molecule has 0 aliphatic rings. The maximum atomic E-state index is 5.74. The van der Waals surface area contributed by atoms with Gasteiger partial charge in [-0.25, -0.2) is 0 Å². The summed E-state index contributed by atoms with van der Waals surface area (Å²) < 4.78 is 11.3. The van der Waals surface area contributed by atoms with Crippen molar-refractivity contribution < 1.29 is 8.85 Å². The van der Waals surface area contributed by atoms with Gasteiger partial charge in [0.2, 0.25) is 0 Å². The van der Waals surface area contributed by atoms with Crippen LogP contribution in [0, 0.1) is 0 Å². The minimum Gasteiger partial charge on any atom is -0.393 e. The van der Waals surface area contributed by atoms with Gasteiger partial charge in [-0.2, -0.15) is 0 Å². The summed E-state index contributed by atoms with van der Waals surface area (Å²) in [5.41, 5.74) is 1.06. The fourth-order valence-corrected chi connectivity index (χ4v) is 2.46. The molecule has 0 atom stereocenters. The fourth-order valence-electron chi connectivity index (χ4n) is 1.07. The van der Waals surface area contributed by atoms with Gasteiger partial charge < -0.3 is 8.85 Å². The van der Waals surface area contributed by atoms with Gasteiger partial charge in [-0.1, -0.05) is 6.07 Å². The number of halogens is 1. The lowest BCUT2D eigenvalue weighted by atomic mass is 10.3. The second-order valence-corrected chi connectivity index (χ2v) is 7.34. The SMILES string of the molecule is C[Si](C)(OCCCl)OCc1cccnc1. The lowest BCUT2D eigenvalue weighted by Gasteiger charge is -2.22. The molecule has 0 bridgehead atoms. The molecule has 0 radical (unpaired) electrons. The van der Waals surface area contributed by atoms with E-state index in [1.807, 2.05) is 25.2 Å². The minimum absolute atomic E-state index is 0.507. The molecule has 0 aromatic carbocycles. The van der Waals surface area contributed by atoms with E-state index in [0.717, 1.165) is 5.56 Å². The summed E-state index contributed by atoms with van der Waals surface area (Å²) in [5.74, 6) is 0.507. The van der Waals surface area contributed by atoms with Crippen LogP contribution in [-0.4, -0.2) is 26.0 Å². The van der Waals surface area contributed by atoms with Crippen molar-refractivity contribution in [3.8, 4) is 0 Å². The van der Waals surface area contributed by atoms with Gasteiger partial charge in [0.05, 0.1) is 6.61 Å². The van der Waals surface area contributed by atoms with Crippen LogP contribution < -0.4 is 0 Å². The van der Waals surface area contributed by atoms with Crippen molar-refractivity contribution in [2.75, 3.05) is 12.5 Å². The molecule has 5 heteroatoms. The van der Waals surface area contributed by atoms with E-state index < -0.39 is 8.56 Å². The minimum atomic E-state index is -2.02. The highest BCUT2D eigenvalue weighted by Crippen LogP contribution is 2.10. The van der Waals surface area contributed by atoms with E-state index >= 15 is 0 Å². The maximum absolute atomic E-state index is 5.74. The summed E-state index contributed by atoms with van der Waals surface area (Å²) in [7, 11) is -2.02. The number of rotatable bonds is 6. The van der Waals surface area contributed by atoms with Crippen LogP contribution in [0.4, 0.5) is 0 Å². The Morgan fingerprint density at radius 1 is 1.40 bits per heavy atom. The molecule has 0 unspecified atom stereocenters. The van der Waals surface area contributed by atoms with Crippen molar-refractivity contribution in [1.82, 2.24) is 4.98 Å². The normalized spacial score (nSPS) is 11.7. The number of hydrogen-bond donors (Lipinski definition) is 0. The third-order valence-electron chi connectivity index (χ3n) is 1.84. The molecular weight excluding hydrogens is 230 g/mol. The number of hydrogen-bond acceptors (Lipinski definition) is 3. The molecule has 0 fully saturated rings. The van der Waals surface area contributed by atoms with Crippen LogP contribution >= 0.6 is 11.6 Å². The molecular formula is C10H16ClNO2Si. The van der Waals surface area contributed by atoms with E-state index in [0.29, 0.717) is 19.1 Å². The summed E-state index contributed by atoms with van der Waals surface area (Å²) in [5, 5.41) is 0. The quantitative estimate of drug-likeness (QED) is 0.570. The standard InChI is InChI=1S/C10H16ClNO2Si/c1-15(2,13-7-5-11)14-9-10-4-3-6-12-8-10/h3-4,6,8H,5,7,9H2,1-2H3. The Morgan fingerprint density at radius 3 is 2.80 bits per heavy atom. The molecule has 84 valence electrons. The Kier molecular flexibility index (Phi) is 5.25. The van der Waals surface area contributed by atoms with Crippen molar-refractivity contribution in [3.63, 3.8) is 0 Å².